The first kappa shape index (κ1) is 15.9. The number of nitrogens with one attached hydrogen (secondary N) is 1. The summed E-state index contributed by atoms with van der Waals surface area (Å²) in [6.45, 7) is 2.78. The molecule has 2 unspecified atom stereocenters. The largest absolute Gasteiger partial charge is 0.396 e. The van der Waals surface area contributed by atoms with Crippen LogP contribution in [0.15, 0.2) is 18.2 Å². The fourth-order valence-corrected chi connectivity index (χ4v) is 3.21. The maximum Gasteiger partial charge on any atom is 0.223 e. The Morgan fingerprint density at radius 3 is 3.04 bits per heavy atom. The number of aryl methyl sites for hydroxylation is 1. The van der Waals surface area contributed by atoms with Gasteiger partial charge in [0.2, 0.25) is 5.91 Å². The minimum atomic E-state index is -0.355. The predicted octanol–water partition coefficient (Wildman–Crippen LogP) is 2.25. The molecule has 2 heterocycles. The van der Waals surface area contributed by atoms with Crippen LogP contribution in [0.25, 0.3) is 11.0 Å². The molecule has 1 saturated heterocycles. The zero-order chi connectivity index (χ0) is 16.4. The van der Waals surface area contributed by atoms with Crippen LogP contribution in [0.3, 0.4) is 0 Å². The highest BCUT2D eigenvalue weighted by Crippen LogP contribution is 2.23. The summed E-state index contributed by atoms with van der Waals surface area (Å²) in [5.74, 6) is 0.514. The van der Waals surface area contributed by atoms with Crippen molar-refractivity contribution < 1.29 is 14.3 Å². The molecule has 2 N–H and O–H groups in total. The summed E-state index contributed by atoms with van der Waals surface area (Å²) >= 11 is 0. The number of aromatic nitrogens is 2. The number of likely N-dealkylation sites (tertiary alicyclic amines) is 1. The summed E-state index contributed by atoms with van der Waals surface area (Å²) in [5, 5.41) is 9.30. The standard InChI is InChI=1S/C17H22FN3O2/c1-11-5-6-12(10-22)9-21(11)16(23)8-7-15-19-14-4-2-3-13(18)17(14)20-15/h2-4,11-12,22H,5-10H2,1H3,(H,19,20). The minimum Gasteiger partial charge on any atom is -0.396 e. The summed E-state index contributed by atoms with van der Waals surface area (Å²) in [6, 6.07) is 4.99. The second kappa shape index (κ2) is 6.66. The fraction of sp³-hybridized carbons (Fsp3) is 0.529. The van der Waals surface area contributed by atoms with E-state index in [1.807, 2.05) is 11.8 Å². The molecule has 23 heavy (non-hydrogen) atoms. The SMILES string of the molecule is CC1CCC(CO)CN1C(=O)CCc1nc2c(F)cccc2[nH]1. The average Bonchev–Trinajstić information content (AvgIpc) is 2.98. The maximum absolute atomic E-state index is 13.6. The molecular weight excluding hydrogens is 297 g/mol. The Hall–Kier alpha value is -1.95. The Labute approximate surface area is 134 Å². The monoisotopic (exact) mass is 319 g/mol. The highest BCUT2D eigenvalue weighted by Gasteiger charge is 2.28. The van der Waals surface area contributed by atoms with Gasteiger partial charge in [0.25, 0.3) is 0 Å². The van der Waals surface area contributed by atoms with Gasteiger partial charge in [0.1, 0.15) is 11.3 Å². The van der Waals surface area contributed by atoms with Crippen molar-refractivity contribution in [2.75, 3.05) is 13.2 Å². The van der Waals surface area contributed by atoms with Crippen molar-refractivity contribution in [1.29, 1.82) is 0 Å². The lowest BCUT2D eigenvalue weighted by Gasteiger charge is -2.37. The lowest BCUT2D eigenvalue weighted by atomic mass is 9.93. The van der Waals surface area contributed by atoms with Gasteiger partial charge in [-0.1, -0.05) is 6.07 Å². The van der Waals surface area contributed by atoms with Crippen LogP contribution < -0.4 is 0 Å². The molecule has 6 heteroatoms. The molecule has 1 fully saturated rings. The highest BCUT2D eigenvalue weighted by atomic mass is 19.1. The van der Waals surface area contributed by atoms with Crippen LogP contribution in [0.4, 0.5) is 4.39 Å². The first-order chi connectivity index (χ1) is 11.1. The first-order valence-corrected chi connectivity index (χ1v) is 8.12. The number of rotatable bonds is 4. The van der Waals surface area contributed by atoms with E-state index in [9.17, 15) is 14.3 Å². The summed E-state index contributed by atoms with van der Waals surface area (Å²) in [6.07, 6.45) is 2.68. The summed E-state index contributed by atoms with van der Waals surface area (Å²) in [4.78, 5) is 21.6. The number of para-hydroxylation sites is 1. The fourth-order valence-electron chi connectivity index (χ4n) is 3.21. The molecule has 1 aliphatic rings. The third-order valence-electron chi connectivity index (χ3n) is 4.65. The molecule has 1 aliphatic heterocycles. The average molecular weight is 319 g/mol. The Balaban J connectivity index is 1.64. The number of H-pyrrole nitrogens is 1. The lowest BCUT2D eigenvalue weighted by molar-refractivity contribution is -0.135. The molecule has 0 bridgehead atoms. The molecule has 0 radical (unpaired) electrons. The number of benzene rings is 1. The molecule has 2 aromatic rings. The quantitative estimate of drug-likeness (QED) is 0.908. The predicted molar refractivity (Wildman–Crippen MR) is 85.4 cm³/mol. The van der Waals surface area contributed by atoms with Gasteiger partial charge < -0.3 is 15.0 Å². The van der Waals surface area contributed by atoms with E-state index in [2.05, 4.69) is 9.97 Å². The van der Waals surface area contributed by atoms with Gasteiger partial charge in [-0.3, -0.25) is 4.79 Å². The van der Waals surface area contributed by atoms with Gasteiger partial charge in [0, 0.05) is 32.0 Å². The molecule has 1 amide bonds. The van der Waals surface area contributed by atoms with Gasteiger partial charge in [-0.05, 0) is 37.8 Å². The molecule has 0 aliphatic carbocycles. The van der Waals surface area contributed by atoms with Crippen LogP contribution in [0.2, 0.25) is 0 Å². The lowest BCUT2D eigenvalue weighted by Crippen LogP contribution is -2.46. The molecule has 5 nitrogen and oxygen atoms in total. The number of hydrogen-bond acceptors (Lipinski definition) is 3. The number of imidazole rings is 1. The van der Waals surface area contributed by atoms with Crippen molar-refractivity contribution in [2.45, 2.75) is 38.6 Å². The Kier molecular flexibility index (Phi) is 4.61. The molecule has 3 rings (SSSR count). The van der Waals surface area contributed by atoms with Crippen LogP contribution in [0.1, 0.15) is 32.0 Å². The van der Waals surface area contributed by atoms with Gasteiger partial charge in [-0.25, -0.2) is 9.37 Å². The van der Waals surface area contributed by atoms with E-state index in [-0.39, 0.29) is 30.3 Å². The number of carbonyl (C=O) groups excluding carboxylic acids is 1. The summed E-state index contributed by atoms with van der Waals surface area (Å²) < 4.78 is 13.6. The number of aliphatic hydroxyl groups is 1. The normalized spacial score (nSPS) is 21.8. The molecule has 0 saturated carbocycles. The van der Waals surface area contributed by atoms with E-state index in [4.69, 9.17) is 0 Å². The zero-order valence-electron chi connectivity index (χ0n) is 13.3. The zero-order valence-corrected chi connectivity index (χ0v) is 13.3. The number of aliphatic hydroxyl groups excluding tert-OH is 1. The minimum absolute atomic E-state index is 0.0663. The number of nitrogens with zero attached hydrogens (tertiary/aromatic N) is 2. The maximum atomic E-state index is 13.6. The third-order valence-corrected chi connectivity index (χ3v) is 4.65. The van der Waals surface area contributed by atoms with Gasteiger partial charge in [-0.2, -0.15) is 0 Å². The van der Waals surface area contributed by atoms with Crippen LogP contribution in [0, 0.1) is 11.7 Å². The number of piperidine rings is 1. The molecule has 0 spiro atoms. The van der Waals surface area contributed by atoms with Gasteiger partial charge in [0.05, 0.1) is 5.52 Å². The number of amides is 1. The van der Waals surface area contributed by atoms with E-state index in [0.29, 0.717) is 36.2 Å². The second-order valence-corrected chi connectivity index (χ2v) is 6.34. The van der Waals surface area contributed by atoms with Crippen LogP contribution in [-0.2, 0) is 11.2 Å². The van der Waals surface area contributed by atoms with E-state index < -0.39 is 0 Å². The number of carbonyl (C=O) groups is 1. The van der Waals surface area contributed by atoms with Crippen molar-refractivity contribution in [3.8, 4) is 0 Å². The number of halogens is 1. The summed E-state index contributed by atoms with van der Waals surface area (Å²) in [7, 11) is 0. The second-order valence-electron chi connectivity index (χ2n) is 6.34. The molecule has 1 aromatic heterocycles. The smallest absolute Gasteiger partial charge is 0.223 e. The van der Waals surface area contributed by atoms with E-state index >= 15 is 0 Å². The van der Waals surface area contributed by atoms with E-state index in [1.54, 1.807) is 12.1 Å². The molecule has 1 aromatic carbocycles. The first-order valence-electron chi connectivity index (χ1n) is 8.12. The van der Waals surface area contributed by atoms with Gasteiger partial charge in [0.15, 0.2) is 5.82 Å². The van der Waals surface area contributed by atoms with Crippen molar-refractivity contribution in [3.63, 3.8) is 0 Å². The summed E-state index contributed by atoms with van der Waals surface area (Å²) in [5.41, 5.74) is 0.973. The number of hydrogen-bond donors (Lipinski definition) is 2. The Bertz CT molecular complexity index is 700. The van der Waals surface area contributed by atoms with Crippen LogP contribution in [0.5, 0.6) is 0 Å². The molecule has 124 valence electrons. The molecular formula is C17H22FN3O2. The van der Waals surface area contributed by atoms with E-state index in [0.717, 1.165) is 12.8 Å². The third kappa shape index (κ3) is 3.37. The van der Waals surface area contributed by atoms with Crippen molar-refractivity contribution in [3.05, 3.63) is 29.8 Å². The Morgan fingerprint density at radius 2 is 2.30 bits per heavy atom. The van der Waals surface area contributed by atoms with E-state index in [1.165, 1.54) is 6.07 Å². The highest BCUT2D eigenvalue weighted by molar-refractivity contribution is 5.78. The van der Waals surface area contributed by atoms with Crippen LogP contribution >= 0.6 is 0 Å². The van der Waals surface area contributed by atoms with Crippen molar-refractivity contribution in [2.24, 2.45) is 5.92 Å². The van der Waals surface area contributed by atoms with Crippen LogP contribution in [-0.4, -0.2) is 45.1 Å². The number of fused-ring (bicyclic) bond motifs is 1. The Morgan fingerprint density at radius 1 is 1.48 bits per heavy atom. The topological polar surface area (TPSA) is 69.2 Å². The van der Waals surface area contributed by atoms with Gasteiger partial charge in [-0.15, -0.1) is 0 Å². The van der Waals surface area contributed by atoms with Crippen molar-refractivity contribution >= 4 is 16.9 Å². The van der Waals surface area contributed by atoms with Gasteiger partial charge >= 0.3 is 0 Å². The molecule has 2 atom stereocenters. The van der Waals surface area contributed by atoms with Crippen molar-refractivity contribution in [1.82, 2.24) is 14.9 Å². The number of aromatic amines is 1.